The molecule has 2 aliphatic heterocycles. The van der Waals surface area contributed by atoms with Gasteiger partial charge in [-0.2, -0.15) is 0 Å². The molecule has 0 saturated carbocycles. The first-order valence-corrected chi connectivity index (χ1v) is 6.82. The molecular formula is C13H24N2O2. The number of carbonyl (C=O) groups is 1. The van der Waals surface area contributed by atoms with Gasteiger partial charge in [0, 0.05) is 25.2 Å². The number of carboxylic acid groups (broad SMARTS) is 1. The molecule has 1 N–H and O–H groups in total. The van der Waals surface area contributed by atoms with E-state index in [1.165, 1.54) is 0 Å². The zero-order valence-corrected chi connectivity index (χ0v) is 10.9. The number of carboxylic acids is 1. The van der Waals surface area contributed by atoms with Crippen molar-refractivity contribution in [2.75, 3.05) is 19.6 Å². The van der Waals surface area contributed by atoms with E-state index in [0.29, 0.717) is 12.1 Å². The van der Waals surface area contributed by atoms with Gasteiger partial charge in [0.25, 0.3) is 0 Å². The van der Waals surface area contributed by atoms with E-state index in [0.717, 1.165) is 45.3 Å². The van der Waals surface area contributed by atoms with Crippen molar-refractivity contribution in [1.82, 2.24) is 9.80 Å². The van der Waals surface area contributed by atoms with Gasteiger partial charge in [-0.05, 0) is 39.7 Å². The van der Waals surface area contributed by atoms with Crippen LogP contribution in [0.5, 0.6) is 0 Å². The van der Waals surface area contributed by atoms with Crippen LogP contribution in [0.1, 0.15) is 39.5 Å². The number of hydrogen-bond donors (Lipinski definition) is 1. The molecule has 0 radical (unpaired) electrons. The smallest absolute Gasteiger partial charge is 0.320 e. The van der Waals surface area contributed by atoms with Gasteiger partial charge >= 0.3 is 5.97 Å². The van der Waals surface area contributed by atoms with Crippen molar-refractivity contribution < 1.29 is 9.90 Å². The Morgan fingerprint density at radius 1 is 1.24 bits per heavy atom. The first kappa shape index (κ1) is 12.8. The molecule has 2 atom stereocenters. The fourth-order valence-corrected chi connectivity index (χ4v) is 3.16. The third-order valence-corrected chi connectivity index (χ3v) is 4.22. The van der Waals surface area contributed by atoms with Crippen LogP contribution < -0.4 is 0 Å². The van der Waals surface area contributed by atoms with Crippen molar-refractivity contribution in [2.45, 2.75) is 57.7 Å². The van der Waals surface area contributed by atoms with Crippen molar-refractivity contribution in [3.63, 3.8) is 0 Å². The van der Waals surface area contributed by atoms with E-state index in [2.05, 4.69) is 23.6 Å². The molecule has 0 spiro atoms. The highest BCUT2D eigenvalue weighted by atomic mass is 16.4. The van der Waals surface area contributed by atoms with Crippen LogP contribution in [0.15, 0.2) is 0 Å². The second-order valence-electron chi connectivity index (χ2n) is 5.62. The molecular weight excluding hydrogens is 216 g/mol. The molecule has 0 aromatic carbocycles. The average molecular weight is 240 g/mol. The molecule has 0 amide bonds. The molecule has 0 aromatic rings. The summed E-state index contributed by atoms with van der Waals surface area (Å²) in [6.45, 7) is 7.56. The third kappa shape index (κ3) is 2.80. The number of likely N-dealkylation sites (tertiary alicyclic amines) is 2. The molecule has 2 aliphatic rings. The van der Waals surface area contributed by atoms with Crippen LogP contribution in [0.3, 0.4) is 0 Å². The van der Waals surface area contributed by atoms with Crippen molar-refractivity contribution in [3.05, 3.63) is 0 Å². The van der Waals surface area contributed by atoms with Gasteiger partial charge in [0.1, 0.15) is 6.04 Å². The van der Waals surface area contributed by atoms with Gasteiger partial charge in [0.05, 0.1) is 0 Å². The lowest BCUT2D eigenvalue weighted by Gasteiger charge is -2.37. The quantitative estimate of drug-likeness (QED) is 0.810. The molecule has 2 heterocycles. The minimum absolute atomic E-state index is 0.235. The maximum absolute atomic E-state index is 11.3. The van der Waals surface area contributed by atoms with Crippen molar-refractivity contribution in [3.8, 4) is 0 Å². The number of hydrogen-bond acceptors (Lipinski definition) is 3. The third-order valence-electron chi connectivity index (χ3n) is 4.22. The maximum atomic E-state index is 11.3. The van der Waals surface area contributed by atoms with Crippen LogP contribution in [0.4, 0.5) is 0 Å². The van der Waals surface area contributed by atoms with Crippen molar-refractivity contribution in [1.29, 1.82) is 0 Å². The predicted molar refractivity (Wildman–Crippen MR) is 67.1 cm³/mol. The van der Waals surface area contributed by atoms with E-state index in [4.69, 9.17) is 0 Å². The van der Waals surface area contributed by atoms with Gasteiger partial charge in [-0.25, -0.2) is 0 Å². The second kappa shape index (κ2) is 5.36. The zero-order valence-electron chi connectivity index (χ0n) is 10.9. The lowest BCUT2D eigenvalue weighted by Crippen LogP contribution is -2.51. The Morgan fingerprint density at radius 3 is 2.59 bits per heavy atom. The van der Waals surface area contributed by atoms with Crippen LogP contribution >= 0.6 is 0 Å². The first-order chi connectivity index (χ1) is 8.09. The average Bonchev–Trinajstić information content (AvgIpc) is 2.78. The summed E-state index contributed by atoms with van der Waals surface area (Å²) in [4.78, 5) is 16.0. The maximum Gasteiger partial charge on any atom is 0.320 e. The van der Waals surface area contributed by atoms with E-state index in [9.17, 15) is 9.90 Å². The Hall–Kier alpha value is -0.610. The molecule has 0 bridgehead atoms. The van der Waals surface area contributed by atoms with E-state index in [-0.39, 0.29) is 6.04 Å². The number of nitrogens with zero attached hydrogens (tertiary/aromatic N) is 2. The zero-order chi connectivity index (χ0) is 12.4. The van der Waals surface area contributed by atoms with Gasteiger partial charge < -0.3 is 5.11 Å². The normalized spacial score (nSPS) is 32.2. The van der Waals surface area contributed by atoms with Crippen LogP contribution in [0.25, 0.3) is 0 Å². The predicted octanol–water partition coefficient (Wildman–Crippen LogP) is 1.41. The Kier molecular flexibility index (Phi) is 4.05. The molecule has 4 heteroatoms. The number of piperidine rings is 1. The number of aliphatic carboxylic acids is 1. The van der Waals surface area contributed by atoms with Gasteiger partial charge in [-0.15, -0.1) is 0 Å². The van der Waals surface area contributed by atoms with Crippen LogP contribution in [-0.2, 0) is 4.79 Å². The van der Waals surface area contributed by atoms with Crippen molar-refractivity contribution >= 4 is 5.97 Å². The monoisotopic (exact) mass is 240 g/mol. The van der Waals surface area contributed by atoms with Gasteiger partial charge in [-0.3, -0.25) is 14.6 Å². The summed E-state index contributed by atoms with van der Waals surface area (Å²) in [6.07, 6.45) is 4.17. The fourth-order valence-electron chi connectivity index (χ4n) is 3.16. The van der Waals surface area contributed by atoms with Crippen LogP contribution in [-0.4, -0.2) is 58.6 Å². The summed E-state index contributed by atoms with van der Waals surface area (Å²) in [7, 11) is 0. The Balaban J connectivity index is 1.98. The van der Waals surface area contributed by atoms with E-state index >= 15 is 0 Å². The summed E-state index contributed by atoms with van der Waals surface area (Å²) in [5.41, 5.74) is 0. The minimum Gasteiger partial charge on any atom is -0.480 e. The summed E-state index contributed by atoms with van der Waals surface area (Å²) in [6, 6.07) is 0.799. The number of rotatable bonds is 3. The SMILES string of the molecule is CC(C)N1CCC(N2CCCCC2C(=O)O)C1. The van der Waals surface area contributed by atoms with Crippen LogP contribution in [0.2, 0.25) is 0 Å². The summed E-state index contributed by atoms with van der Waals surface area (Å²) in [5.74, 6) is -0.632. The topological polar surface area (TPSA) is 43.8 Å². The molecule has 0 aliphatic carbocycles. The molecule has 2 unspecified atom stereocenters. The Bertz CT molecular complexity index is 281. The molecule has 0 aromatic heterocycles. The summed E-state index contributed by atoms with van der Waals surface area (Å²) < 4.78 is 0. The Morgan fingerprint density at radius 2 is 2.00 bits per heavy atom. The van der Waals surface area contributed by atoms with E-state index in [1.54, 1.807) is 0 Å². The molecule has 4 nitrogen and oxygen atoms in total. The summed E-state index contributed by atoms with van der Waals surface area (Å²) >= 11 is 0. The van der Waals surface area contributed by atoms with E-state index in [1.807, 2.05) is 0 Å². The van der Waals surface area contributed by atoms with Gasteiger partial charge in [-0.1, -0.05) is 6.42 Å². The largest absolute Gasteiger partial charge is 0.480 e. The molecule has 98 valence electrons. The highest BCUT2D eigenvalue weighted by Crippen LogP contribution is 2.25. The van der Waals surface area contributed by atoms with E-state index < -0.39 is 5.97 Å². The molecule has 2 saturated heterocycles. The van der Waals surface area contributed by atoms with Crippen LogP contribution in [0, 0.1) is 0 Å². The lowest BCUT2D eigenvalue weighted by molar-refractivity contribution is -0.145. The van der Waals surface area contributed by atoms with Crippen molar-refractivity contribution in [2.24, 2.45) is 0 Å². The second-order valence-corrected chi connectivity index (χ2v) is 5.62. The first-order valence-electron chi connectivity index (χ1n) is 6.82. The Labute approximate surface area is 104 Å². The molecule has 17 heavy (non-hydrogen) atoms. The standard InChI is InChI=1S/C13H24N2O2/c1-10(2)14-8-6-11(9-14)15-7-4-3-5-12(15)13(16)17/h10-12H,3-9H2,1-2H3,(H,16,17). The van der Waals surface area contributed by atoms with Gasteiger partial charge in [0.2, 0.25) is 0 Å². The highest BCUT2D eigenvalue weighted by molar-refractivity contribution is 5.73. The highest BCUT2D eigenvalue weighted by Gasteiger charge is 2.36. The lowest BCUT2D eigenvalue weighted by atomic mass is 9.99. The van der Waals surface area contributed by atoms with Gasteiger partial charge in [0.15, 0.2) is 0 Å². The molecule has 2 rings (SSSR count). The fraction of sp³-hybridized carbons (Fsp3) is 0.923. The summed E-state index contributed by atoms with van der Waals surface area (Å²) in [5, 5.41) is 9.29. The molecule has 2 fully saturated rings. The minimum atomic E-state index is -0.632.